The number of fused-ring (bicyclic) bond motifs is 1. The summed E-state index contributed by atoms with van der Waals surface area (Å²) in [6, 6.07) is 10.6. The summed E-state index contributed by atoms with van der Waals surface area (Å²) in [5.74, 6) is -0.124. The number of anilines is 2. The average molecular weight is 431 g/mol. The molecule has 9 nitrogen and oxygen atoms in total. The Kier molecular flexibility index (Phi) is 5.35. The quantitative estimate of drug-likeness (QED) is 0.761. The largest absolute Gasteiger partial charge is 0.479 e. The van der Waals surface area contributed by atoms with Gasteiger partial charge in [0.1, 0.15) is 5.75 Å². The lowest BCUT2D eigenvalue weighted by Gasteiger charge is -2.27. The zero-order chi connectivity index (χ0) is 21.3. The van der Waals surface area contributed by atoms with Crippen molar-refractivity contribution in [3.8, 4) is 5.75 Å². The standard InChI is InChI=1S/C20H21N3O6S/c1-13-19(24)21-17-12-16(5-6-18(17)29-13)30(26,27)22-15-4-2-3-14(11-15)20(25)23-7-9-28-10-8-23/h2-6,11-13,22H,7-10H2,1H3,(H,21,24)/t13-/m0/s1. The van der Waals surface area contributed by atoms with E-state index in [0.717, 1.165) is 0 Å². The molecule has 0 radical (unpaired) electrons. The molecular formula is C20H21N3O6S. The minimum Gasteiger partial charge on any atom is -0.479 e. The number of nitrogens with one attached hydrogen (secondary N) is 2. The molecule has 0 spiro atoms. The number of rotatable bonds is 4. The lowest BCUT2D eigenvalue weighted by Crippen LogP contribution is -2.40. The maximum atomic E-state index is 12.8. The molecule has 4 rings (SSSR count). The van der Waals surface area contributed by atoms with E-state index < -0.39 is 16.1 Å². The molecule has 2 amide bonds. The van der Waals surface area contributed by atoms with Gasteiger partial charge in [0.25, 0.3) is 21.8 Å². The molecule has 2 aromatic rings. The number of sulfonamides is 1. The highest BCUT2D eigenvalue weighted by Gasteiger charge is 2.26. The molecule has 0 unspecified atom stereocenters. The minimum absolute atomic E-state index is 0.0374. The van der Waals surface area contributed by atoms with Crippen molar-refractivity contribution in [3.05, 3.63) is 48.0 Å². The summed E-state index contributed by atoms with van der Waals surface area (Å²) >= 11 is 0. The van der Waals surface area contributed by atoms with Gasteiger partial charge in [-0.3, -0.25) is 14.3 Å². The molecular weight excluding hydrogens is 410 g/mol. The van der Waals surface area contributed by atoms with Crippen LogP contribution in [0, 0.1) is 0 Å². The second-order valence-corrected chi connectivity index (χ2v) is 8.68. The van der Waals surface area contributed by atoms with E-state index in [1.54, 1.807) is 30.0 Å². The van der Waals surface area contributed by atoms with Gasteiger partial charge in [0.05, 0.1) is 23.8 Å². The Labute approximate surface area is 174 Å². The Balaban J connectivity index is 1.55. The molecule has 0 saturated carbocycles. The van der Waals surface area contributed by atoms with Gasteiger partial charge in [-0.1, -0.05) is 6.07 Å². The van der Waals surface area contributed by atoms with Gasteiger partial charge in [0.2, 0.25) is 0 Å². The van der Waals surface area contributed by atoms with Crippen LogP contribution in [-0.2, 0) is 19.6 Å². The number of carbonyl (C=O) groups excluding carboxylic acids is 2. The van der Waals surface area contributed by atoms with Crippen molar-refractivity contribution < 1.29 is 27.5 Å². The van der Waals surface area contributed by atoms with Crippen LogP contribution in [-0.4, -0.2) is 57.5 Å². The highest BCUT2D eigenvalue weighted by Crippen LogP contribution is 2.32. The van der Waals surface area contributed by atoms with Crippen LogP contribution in [0.1, 0.15) is 17.3 Å². The molecule has 2 aromatic carbocycles. The van der Waals surface area contributed by atoms with Gasteiger partial charge in [0.15, 0.2) is 6.10 Å². The summed E-state index contributed by atoms with van der Waals surface area (Å²) in [4.78, 5) is 26.1. The topological polar surface area (TPSA) is 114 Å². The third-order valence-corrected chi connectivity index (χ3v) is 6.23. The van der Waals surface area contributed by atoms with Crippen molar-refractivity contribution in [3.63, 3.8) is 0 Å². The average Bonchev–Trinajstić information content (AvgIpc) is 2.74. The van der Waals surface area contributed by atoms with Gasteiger partial charge >= 0.3 is 0 Å². The fraction of sp³-hybridized carbons (Fsp3) is 0.300. The first-order chi connectivity index (χ1) is 14.3. The summed E-state index contributed by atoms with van der Waals surface area (Å²) in [6.07, 6.45) is -0.648. The lowest BCUT2D eigenvalue weighted by molar-refractivity contribution is -0.122. The molecule has 0 aliphatic carbocycles. The van der Waals surface area contributed by atoms with Crippen LogP contribution in [0.3, 0.4) is 0 Å². The monoisotopic (exact) mass is 431 g/mol. The Morgan fingerprint density at radius 2 is 1.93 bits per heavy atom. The summed E-state index contributed by atoms with van der Waals surface area (Å²) < 4.78 is 38.9. The highest BCUT2D eigenvalue weighted by molar-refractivity contribution is 7.92. The SMILES string of the molecule is C[C@@H]1Oc2ccc(S(=O)(=O)Nc3cccc(C(=O)N4CCOCC4)c3)cc2NC1=O. The number of nitrogens with zero attached hydrogens (tertiary/aromatic N) is 1. The number of morpholine rings is 1. The predicted molar refractivity (Wildman–Crippen MR) is 109 cm³/mol. The van der Waals surface area contributed by atoms with Gasteiger partial charge in [0, 0.05) is 24.3 Å². The van der Waals surface area contributed by atoms with E-state index >= 15 is 0 Å². The maximum absolute atomic E-state index is 12.8. The Hall–Kier alpha value is -3.11. The molecule has 1 fully saturated rings. The summed E-state index contributed by atoms with van der Waals surface area (Å²) in [6.45, 7) is 3.56. The van der Waals surface area contributed by atoms with Crippen LogP contribution in [0.15, 0.2) is 47.4 Å². The normalized spacial score (nSPS) is 18.8. The van der Waals surface area contributed by atoms with E-state index in [1.165, 1.54) is 24.3 Å². The van der Waals surface area contributed by atoms with E-state index in [1.807, 2.05) is 0 Å². The van der Waals surface area contributed by atoms with Crippen LogP contribution in [0.25, 0.3) is 0 Å². The Morgan fingerprint density at radius 1 is 1.17 bits per heavy atom. The molecule has 1 atom stereocenters. The summed E-state index contributed by atoms with van der Waals surface area (Å²) in [5, 5.41) is 2.63. The first kappa shape index (κ1) is 20.2. The molecule has 2 aliphatic heterocycles. The smallest absolute Gasteiger partial charge is 0.265 e. The van der Waals surface area contributed by atoms with E-state index in [-0.39, 0.29) is 28.1 Å². The van der Waals surface area contributed by atoms with E-state index in [2.05, 4.69) is 10.0 Å². The third-order valence-electron chi connectivity index (χ3n) is 4.85. The van der Waals surface area contributed by atoms with Crippen molar-refractivity contribution >= 4 is 33.2 Å². The van der Waals surface area contributed by atoms with Crippen molar-refractivity contribution in [1.29, 1.82) is 0 Å². The molecule has 158 valence electrons. The zero-order valence-electron chi connectivity index (χ0n) is 16.3. The van der Waals surface area contributed by atoms with Crippen molar-refractivity contribution in [2.45, 2.75) is 17.9 Å². The first-order valence-electron chi connectivity index (χ1n) is 9.45. The second kappa shape index (κ2) is 7.96. The number of amides is 2. The molecule has 10 heteroatoms. The van der Waals surface area contributed by atoms with Crippen LogP contribution in [0.5, 0.6) is 5.75 Å². The van der Waals surface area contributed by atoms with Crippen LogP contribution < -0.4 is 14.8 Å². The maximum Gasteiger partial charge on any atom is 0.265 e. The molecule has 0 aromatic heterocycles. The second-order valence-electron chi connectivity index (χ2n) is 7.00. The molecule has 0 bridgehead atoms. The zero-order valence-corrected chi connectivity index (χ0v) is 17.1. The molecule has 2 heterocycles. The van der Waals surface area contributed by atoms with Crippen LogP contribution >= 0.6 is 0 Å². The fourth-order valence-electron chi connectivity index (χ4n) is 3.23. The predicted octanol–water partition coefficient (Wildman–Crippen LogP) is 1.68. The summed E-state index contributed by atoms with van der Waals surface area (Å²) in [5.41, 5.74) is 0.940. The van der Waals surface area contributed by atoms with Crippen molar-refractivity contribution in [2.75, 3.05) is 36.3 Å². The lowest BCUT2D eigenvalue weighted by atomic mass is 10.1. The minimum atomic E-state index is -3.95. The van der Waals surface area contributed by atoms with E-state index in [0.29, 0.717) is 37.6 Å². The van der Waals surface area contributed by atoms with Gasteiger partial charge in [-0.05, 0) is 43.3 Å². The van der Waals surface area contributed by atoms with Gasteiger partial charge in [-0.25, -0.2) is 8.42 Å². The number of ether oxygens (including phenoxy) is 2. The van der Waals surface area contributed by atoms with Gasteiger partial charge in [-0.15, -0.1) is 0 Å². The van der Waals surface area contributed by atoms with Crippen molar-refractivity contribution in [2.24, 2.45) is 0 Å². The van der Waals surface area contributed by atoms with E-state index in [4.69, 9.17) is 9.47 Å². The first-order valence-corrected chi connectivity index (χ1v) is 10.9. The Bertz CT molecular complexity index is 1100. The van der Waals surface area contributed by atoms with Crippen LogP contribution in [0.4, 0.5) is 11.4 Å². The van der Waals surface area contributed by atoms with E-state index in [9.17, 15) is 18.0 Å². The number of carbonyl (C=O) groups is 2. The molecule has 1 saturated heterocycles. The number of hydrogen-bond acceptors (Lipinski definition) is 6. The Morgan fingerprint density at radius 3 is 2.70 bits per heavy atom. The summed E-state index contributed by atoms with van der Waals surface area (Å²) in [7, 11) is -3.95. The van der Waals surface area contributed by atoms with Crippen molar-refractivity contribution in [1.82, 2.24) is 4.90 Å². The number of hydrogen-bond donors (Lipinski definition) is 2. The molecule has 30 heavy (non-hydrogen) atoms. The fourth-order valence-corrected chi connectivity index (χ4v) is 4.31. The van der Waals surface area contributed by atoms with Crippen LogP contribution in [0.2, 0.25) is 0 Å². The number of benzene rings is 2. The van der Waals surface area contributed by atoms with Gasteiger partial charge in [-0.2, -0.15) is 0 Å². The highest BCUT2D eigenvalue weighted by atomic mass is 32.2. The molecule has 2 aliphatic rings. The third kappa shape index (κ3) is 4.10. The molecule has 2 N–H and O–H groups in total. The van der Waals surface area contributed by atoms with Gasteiger partial charge < -0.3 is 19.7 Å².